The number of sulfone groups is 1. The van der Waals surface area contributed by atoms with Crippen LogP contribution in [-0.2, 0) is 22.6 Å². The normalized spacial score (nSPS) is 12.1. The summed E-state index contributed by atoms with van der Waals surface area (Å²) < 4.78 is 83.0. The summed E-state index contributed by atoms with van der Waals surface area (Å²) >= 11 is 0. The quantitative estimate of drug-likeness (QED) is 0.418. The van der Waals surface area contributed by atoms with Crippen LogP contribution in [0.15, 0.2) is 81.2 Å². The molecule has 0 atom stereocenters. The predicted molar refractivity (Wildman–Crippen MR) is 108 cm³/mol. The van der Waals surface area contributed by atoms with Crippen molar-refractivity contribution in [3.63, 3.8) is 0 Å². The van der Waals surface area contributed by atoms with E-state index in [1.807, 2.05) is 0 Å². The molecular weight excluding hydrogens is 464 g/mol. The molecule has 0 aliphatic rings. The maximum absolute atomic E-state index is 14.1. The highest BCUT2D eigenvalue weighted by Gasteiger charge is 2.32. The summed E-state index contributed by atoms with van der Waals surface area (Å²) in [5, 5.41) is 3.33. The highest BCUT2D eigenvalue weighted by molar-refractivity contribution is 7.91. The summed E-state index contributed by atoms with van der Waals surface area (Å²) in [5.41, 5.74) is -0.300. The lowest BCUT2D eigenvalue weighted by molar-refractivity contribution is -0.137. The first-order chi connectivity index (χ1) is 15.6. The molecule has 0 fully saturated rings. The Balaban J connectivity index is 1.48. The van der Waals surface area contributed by atoms with Crippen LogP contribution in [0.1, 0.15) is 21.7 Å². The molecule has 11 heteroatoms. The molecule has 0 aliphatic carbocycles. The number of pyridine rings is 1. The van der Waals surface area contributed by atoms with Crippen LogP contribution in [0.3, 0.4) is 0 Å². The number of aromatic nitrogens is 1. The fourth-order valence-corrected chi connectivity index (χ4v) is 4.39. The summed E-state index contributed by atoms with van der Waals surface area (Å²) in [6.07, 6.45) is -1.76. The highest BCUT2D eigenvalue weighted by atomic mass is 32.2. The molecule has 2 aromatic carbocycles. The number of carbonyl (C=O) groups excluding carboxylic acids is 1. The third-order valence-corrected chi connectivity index (χ3v) is 6.59. The van der Waals surface area contributed by atoms with E-state index in [1.165, 1.54) is 30.5 Å². The third kappa shape index (κ3) is 4.58. The van der Waals surface area contributed by atoms with Gasteiger partial charge in [-0.05, 0) is 48.0 Å². The number of hydrogen-bond acceptors (Lipinski definition) is 5. The molecule has 0 bridgehead atoms. The number of halogens is 4. The number of nitrogens with one attached hydrogen (secondary N) is 1. The number of amides is 1. The van der Waals surface area contributed by atoms with Crippen LogP contribution in [-0.4, -0.2) is 19.3 Å². The molecule has 170 valence electrons. The number of furan rings is 1. The third-order valence-electron chi connectivity index (χ3n) is 4.78. The van der Waals surface area contributed by atoms with Gasteiger partial charge in [-0.1, -0.05) is 12.1 Å². The first-order valence-corrected chi connectivity index (χ1v) is 10.9. The summed E-state index contributed by atoms with van der Waals surface area (Å²) in [4.78, 5) is 15.0. The van der Waals surface area contributed by atoms with Crippen molar-refractivity contribution < 1.29 is 35.2 Å². The van der Waals surface area contributed by atoms with Crippen molar-refractivity contribution in [2.45, 2.75) is 22.5 Å². The Bertz CT molecular complexity index is 1410. The number of rotatable bonds is 5. The van der Waals surface area contributed by atoms with Crippen LogP contribution in [0.25, 0.3) is 11.0 Å². The van der Waals surface area contributed by atoms with Crippen molar-refractivity contribution in [1.82, 2.24) is 10.3 Å². The molecule has 4 aromatic rings. The molecule has 0 saturated heterocycles. The predicted octanol–water partition coefficient (Wildman–Crippen LogP) is 4.75. The summed E-state index contributed by atoms with van der Waals surface area (Å²) in [5.74, 6) is -1.91. The second-order valence-corrected chi connectivity index (χ2v) is 8.92. The van der Waals surface area contributed by atoms with E-state index in [0.717, 1.165) is 0 Å². The van der Waals surface area contributed by atoms with Crippen molar-refractivity contribution in [3.05, 3.63) is 89.7 Å². The van der Waals surface area contributed by atoms with Gasteiger partial charge in [0.1, 0.15) is 10.7 Å². The van der Waals surface area contributed by atoms with E-state index in [9.17, 15) is 30.8 Å². The Hall–Kier alpha value is -3.73. The number of nitrogens with zero attached hydrogens (tertiary/aromatic N) is 1. The zero-order valence-electron chi connectivity index (χ0n) is 16.6. The molecule has 0 aliphatic heterocycles. The van der Waals surface area contributed by atoms with Crippen LogP contribution in [0.5, 0.6) is 0 Å². The van der Waals surface area contributed by atoms with Crippen LogP contribution in [0.2, 0.25) is 0 Å². The molecule has 0 unspecified atom stereocenters. The molecule has 0 saturated carbocycles. The van der Waals surface area contributed by atoms with E-state index in [4.69, 9.17) is 4.42 Å². The number of carbonyl (C=O) groups is 1. The fourth-order valence-electron chi connectivity index (χ4n) is 3.07. The first kappa shape index (κ1) is 22.5. The zero-order chi connectivity index (χ0) is 23.8. The Labute approximate surface area is 184 Å². The van der Waals surface area contributed by atoms with E-state index in [0.29, 0.717) is 28.7 Å². The van der Waals surface area contributed by atoms with Crippen molar-refractivity contribution >= 4 is 26.7 Å². The number of benzene rings is 2. The largest absolute Gasteiger partial charge is 0.449 e. The van der Waals surface area contributed by atoms with Gasteiger partial charge in [0.25, 0.3) is 5.91 Å². The van der Waals surface area contributed by atoms with Gasteiger partial charge in [0.15, 0.2) is 11.3 Å². The van der Waals surface area contributed by atoms with Crippen LogP contribution >= 0.6 is 0 Å². The lowest BCUT2D eigenvalue weighted by Crippen LogP contribution is -2.22. The van der Waals surface area contributed by atoms with Gasteiger partial charge in [-0.25, -0.2) is 12.8 Å². The van der Waals surface area contributed by atoms with Crippen LogP contribution in [0, 0.1) is 5.82 Å². The van der Waals surface area contributed by atoms with Crippen LogP contribution < -0.4 is 5.32 Å². The molecule has 0 radical (unpaired) electrons. The second-order valence-electron chi connectivity index (χ2n) is 7.00. The fraction of sp³-hybridized carbons (Fsp3) is 0.0909. The van der Waals surface area contributed by atoms with Gasteiger partial charge < -0.3 is 9.73 Å². The van der Waals surface area contributed by atoms with Crippen molar-refractivity contribution in [2.24, 2.45) is 0 Å². The Kier molecular flexibility index (Phi) is 5.66. The molecule has 2 heterocycles. The van der Waals surface area contributed by atoms with Crippen molar-refractivity contribution in [2.75, 3.05) is 0 Å². The average Bonchev–Trinajstić information content (AvgIpc) is 3.21. The minimum atomic E-state index is -4.80. The molecular formula is C22H14F4N2O4S. The summed E-state index contributed by atoms with van der Waals surface area (Å²) in [6, 6.07) is 9.65. The van der Waals surface area contributed by atoms with Gasteiger partial charge >= 0.3 is 6.18 Å². The molecule has 4 rings (SSSR count). The van der Waals surface area contributed by atoms with Crippen molar-refractivity contribution in [1.29, 1.82) is 0 Å². The molecule has 33 heavy (non-hydrogen) atoms. The number of hydrogen-bond donors (Lipinski definition) is 1. The van der Waals surface area contributed by atoms with E-state index in [2.05, 4.69) is 10.3 Å². The number of alkyl halides is 3. The minimum absolute atomic E-state index is 0.0447. The van der Waals surface area contributed by atoms with Gasteiger partial charge in [-0.2, -0.15) is 13.2 Å². The van der Waals surface area contributed by atoms with Gasteiger partial charge in [-0.15, -0.1) is 0 Å². The molecule has 6 nitrogen and oxygen atoms in total. The number of fused-ring (bicyclic) bond motifs is 1. The second kappa shape index (κ2) is 8.32. The molecule has 1 N–H and O–H groups in total. The summed E-state index contributed by atoms with van der Waals surface area (Å²) in [7, 11) is -4.39. The first-order valence-electron chi connectivity index (χ1n) is 9.38. The molecule has 1 amide bonds. The topological polar surface area (TPSA) is 89.3 Å². The zero-order valence-corrected chi connectivity index (χ0v) is 17.4. The summed E-state index contributed by atoms with van der Waals surface area (Å²) in [6.45, 7) is 0.0447. The minimum Gasteiger partial charge on any atom is -0.449 e. The Morgan fingerprint density at radius 3 is 2.39 bits per heavy atom. The maximum atomic E-state index is 14.1. The smallest absolute Gasteiger partial charge is 0.416 e. The standard InChI is InChI=1S/C22H14F4N2O4S/c23-17-10-15(22(24,25)26)3-6-20(17)33(30,31)16-4-1-13(2-5-16)11-28-21(29)18-9-14-7-8-27-12-19(14)32-18/h1-10,12H,11H2,(H,28,29). The monoisotopic (exact) mass is 478 g/mol. The van der Waals surface area contributed by atoms with E-state index in [-0.39, 0.29) is 23.3 Å². The SMILES string of the molecule is O=C(NCc1ccc(S(=O)(=O)c2ccc(C(F)(F)F)cc2F)cc1)c1cc2ccncc2o1. The van der Waals surface area contributed by atoms with Gasteiger partial charge in [0, 0.05) is 18.1 Å². The van der Waals surface area contributed by atoms with Gasteiger partial charge in [0.05, 0.1) is 16.7 Å². The van der Waals surface area contributed by atoms with Crippen LogP contribution in [0.4, 0.5) is 17.6 Å². The highest BCUT2D eigenvalue weighted by Crippen LogP contribution is 2.32. The Morgan fingerprint density at radius 1 is 1.03 bits per heavy atom. The van der Waals surface area contributed by atoms with E-state index >= 15 is 0 Å². The average molecular weight is 478 g/mol. The van der Waals surface area contributed by atoms with E-state index in [1.54, 1.807) is 18.3 Å². The van der Waals surface area contributed by atoms with Crippen molar-refractivity contribution in [3.8, 4) is 0 Å². The lowest BCUT2D eigenvalue weighted by atomic mass is 10.2. The Morgan fingerprint density at radius 2 is 1.76 bits per heavy atom. The molecule has 0 spiro atoms. The van der Waals surface area contributed by atoms with Gasteiger partial charge in [0.2, 0.25) is 9.84 Å². The lowest BCUT2D eigenvalue weighted by Gasteiger charge is -2.10. The van der Waals surface area contributed by atoms with Gasteiger partial charge in [-0.3, -0.25) is 9.78 Å². The maximum Gasteiger partial charge on any atom is 0.416 e. The molecule has 2 aromatic heterocycles. The van der Waals surface area contributed by atoms with E-state index < -0.39 is 38.2 Å².